The maximum atomic E-state index is 8.16. The average Bonchev–Trinajstić information content (AvgIpc) is 2.41. The van der Waals surface area contributed by atoms with Crippen molar-refractivity contribution in [2.75, 3.05) is 20.8 Å². The molecular weight excluding hydrogens is 230 g/mol. The van der Waals surface area contributed by atoms with Crippen molar-refractivity contribution in [1.29, 1.82) is 0 Å². The normalized spacial score (nSPS) is 10.8. The first-order valence-corrected chi connectivity index (χ1v) is 5.65. The van der Waals surface area contributed by atoms with Gasteiger partial charge in [0, 0.05) is 31.2 Å². The third-order valence-electron chi connectivity index (χ3n) is 2.43. The summed E-state index contributed by atoms with van der Waals surface area (Å²) >= 11 is 0. The van der Waals surface area contributed by atoms with Crippen LogP contribution in [0.3, 0.4) is 0 Å². The summed E-state index contributed by atoms with van der Waals surface area (Å²) in [5, 5.41) is 3.47. The van der Waals surface area contributed by atoms with Crippen LogP contribution < -0.4 is 0 Å². The Labute approximate surface area is 107 Å². The van der Waals surface area contributed by atoms with E-state index in [2.05, 4.69) is 10.0 Å². The van der Waals surface area contributed by atoms with Gasteiger partial charge in [0.05, 0.1) is 0 Å². The topological polar surface area (TPSA) is 67.2 Å². The van der Waals surface area contributed by atoms with E-state index in [1.165, 1.54) is 0 Å². The van der Waals surface area contributed by atoms with Crippen molar-refractivity contribution in [2.45, 2.75) is 12.7 Å². The van der Waals surface area contributed by atoms with Gasteiger partial charge in [0.15, 0.2) is 6.29 Å². The Morgan fingerprint density at radius 2 is 2.06 bits per heavy atom. The maximum absolute atomic E-state index is 8.16. The summed E-state index contributed by atoms with van der Waals surface area (Å²) in [7, 11) is 3.21. The molecule has 0 N–H and O–H groups in total. The molecule has 0 unspecified atom stereocenters. The SMILES string of the molecule is COC(OC)c1ccccc1C=CCCN=[N+]=[N-]. The van der Waals surface area contributed by atoms with Gasteiger partial charge in [0.2, 0.25) is 0 Å². The smallest absolute Gasteiger partial charge is 0.183 e. The first-order chi connectivity index (χ1) is 8.83. The van der Waals surface area contributed by atoms with Crippen LogP contribution in [0.5, 0.6) is 0 Å². The summed E-state index contributed by atoms with van der Waals surface area (Å²) in [6.45, 7) is 0.465. The molecule has 96 valence electrons. The summed E-state index contributed by atoms with van der Waals surface area (Å²) < 4.78 is 10.5. The molecule has 5 heteroatoms. The number of azide groups is 1. The number of hydrogen-bond acceptors (Lipinski definition) is 3. The van der Waals surface area contributed by atoms with E-state index in [-0.39, 0.29) is 6.29 Å². The molecule has 0 aliphatic rings. The Hall–Kier alpha value is -1.81. The van der Waals surface area contributed by atoms with Crippen molar-refractivity contribution >= 4 is 6.08 Å². The summed E-state index contributed by atoms with van der Waals surface area (Å²) in [6, 6.07) is 7.85. The number of methoxy groups -OCH3 is 2. The van der Waals surface area contributed by atoms with Crippen LogP contribution in [0.2, 0.25) is 0 Å². The first-order valence-electron chi connectivity index (χ1n) is 5.65. The van der Waals surface area contributed by atoms with E-state index in [1.807, 2.05) is 36.4 Å². The minimum absolute atomic E-state index is 0.372. The van der Waals surface area contributed by atoms with Crippen molar-refractivity contribution in [2.24, 2.45) is 5.11 Å². The third kappa shape index (κ3) is 4.22. The Kier molecular flexibility index (Phi) is 6.58. The molecule has 0 spiro atoms. The Morgan fingerprint density at radius 1 is 1.33 bits per heavy atom. The average molecular weight is 247 g/mol. The summed E-state index contributed by atoms with van der Waals surface area (Å²) in [5.74, 6) is 0. The van der Waals surface area contributed by atoms with Gasteiger partial charge in [0.25, 0.3) is 0 Å². The lowest BCUT2D eigenvalue weighted by Crippen LogP contribution is -2.05. The standard InChI is InChI=1S/C13H17N3O2/c1-17-13(18-2)12-9-4-3-7-11(12)8-5-6-10-15-16-14/h3-5,7-9,13H,6,10H2,1-2H3. The lowest BCUT2D eigenvalue weighted by atomic mass is 10.1. The highest BCUT2D eigenvalue weighted by Gasteiger charge is 2.11. The monoisotopic (exact) mass is 247 g/mol. The van der Waals surface area contributed by atoms with Crippen LogP contribution in [0.4, 0.5) is 0 Å². The number of nitrogens with zero attached hydrogens (tertiary/aromatic N) is 3. The van der Waals surface area contributed by atoms with Crippen molar-refractivity contribution in [3.05, 3.63) is 51.9 Å². The molecule has 18 heavy (non-hydrogen) atoms. The van der Waals surface area contributed by atoms with Gasteiger partial charge in [-0.15, -0.1) is 0 Å². The molecule has 0 saturated heterocycles. The van der Waals surface area contributed by atoms with E-state index in [4.69, 9.17) is 15.0 Å². The summed E-state index contributed by atoms with van der Waals surface area (Å²) in [6.07, 6.45) is 4.29. The molecule has 0 aliphatic carbocycles. The molecule has 0 aliphatic heterocycles. The second-order valence-electron chi connectivity index (χ2n) is 3.58. The molecule has 0 atom stereocenters. The molecule has 1 rings (SSSR count). The summed E-state index contributed by atoms with van der Waals surface area (Å²) in [4.78, 5) is 2.70. The van der Waals surface area contributed by atoms with Gasteiger partial charge in [-0.3, -0.25) is 0 Å². The molecule has 0 fully saturated rings. The highest BCUT2D eigenvalue weighted by Crippen LogP contribution is 2.22. The van der Waals surface area contributed by atoms with E-state index >= 15 is 0 Å². The van der Waals surface area contributed by atoms with Gasteiger partial charge in [-0.25, -0.2) is 0 Å². The maximum Gasteiger partial charge on any atom is 0.183 e. The molecule has 0 bridgehead atoms. The molecule has 1 aromatic carbocycles. The van der Waals surface area contributed by atoms with E-state index in [0.717, 1.165) is 11.1 Å². The Morgan fingerprint density at radius 3 is 2.72 bits per heavy atom. The van der Waals surface area contributed by atoms with Crippen LogP contribution >= 0.6 is 0 Å². The quantitative estimate of drug-likeness (QED) is 0.242. The van der Waals surface area contributed by atoms with E-state index in [0.29, 0.717) is 13.0 Å². The van der Waals surface area contributed by atoms with Crippen LogP contribution in [0.1, 0.15) is 23.8 Å². The zero-order chi connectivity index (χ0) is 13.2. The molecule has 0 radical (unpaired) electrons. The minimum Gasteiger partial charge on any atom is -0.352 e. The van der Waals surface area contributed by atoms with Crippen LogP contribution in [-0.2, 0) is 9.47 Å². The highest BCUT2D eigenvalue weighted by molar-refractivity contribution is 5.54. The third-order valence-corrected chi connectivity index (χ3v) is 2.43. The lowest BCUT2D eigenvalue weighted by molar-refractivity contribution is -0.106. The van der Waals surface area contributed by atoms with Crippen molar-refractivity contribution < 1.29 is 9.47 Å². The fraction of sp³-hybridized carbons (Fsp3) is 0.385. The predicted octanol–water partition coefficient (Wildman–Crippen LogP) is 3.69. The van der Waals surface area contributed by atoms with Gasteiger partial charge in [-0.2, -0.15) is 0 Å². The predicted molar refractivity (Wildman–Crippen MR) is 70.9 cm³/mol. The molecule has 0 heterocycles. The van der Waals surface area contributed by atoms with Crippen LogP contribution in [0.25, 0.3) is 16.5 Å². The minimum atomic E-state index is -0.372. The van der Waals surface area contributed by atoms with Crippen LogP contribution in [0.15, 0.2) is 35.5 Å². The molecule has 0 aromatic heterocycles. The number of hydrogen-bond donors (Lipinski definition) is 0. The number of benzene rings is 1. The fourth-order valence-corrected chi connectivity index (χ4v) is 1.61. The second kappa shape index (κ2) is 8.31. The molecular formula is C13H17N3O2. The zero-order valence-corrected chi connectivity index (χ0v) is 10.6. The van der Waals surface area contributed by atoms with E-state index < -0.39 is 0 Å². The zero-order valence-electron chi connectivity index (χ0n) is 10.6. The molecule has 0 saturated carbocycles. The number of ether oxygens (including phenoxy) is 2. The molecule has 0 amide bonds. The fourth-order valence-electron chi connectivity index (χ4n) is 1.61. The highest BCUT2D eigenvalue weighted by atomic mass is 16.7. The molecule has 5 nitrogen and oxygen atoms in total. The van der Waals surface area contributed by atoms with Gasteiger partial charge in [-0.05, 0) is 17.5 Å². The van der Waals surface area contributed by atoms with Gasteiger partial charge >= 0.3 is 0 Å². The van der Waals surface area contributed by atoms with Crippen molar-refractivity contribution in [1.82, 2.24) is 0 Å². The van der Waals surface area contributed by atoms with Gasteiger partial charge < -0.3 is 9.47 Å². The van der Waals surface area contributed by atoms with Crippen molar-refractivity contribution in [3.8, 4) is 0 Å². The van der Waals surface area contributed by atoms with Crippen LogP contribution in [0, 0.1) is 0 Å². The molecule has 1 aromatic rings. The Bertz CT molecular complexity index is 436. The van der Waals surface area contributed by atoms with Gasteiger partial charge in [0.1, 0.15) is 0 Å². The Balaban J connectivity index is 2.78. The largest absolute Gasteiger partial charge is 0.352 e. The van der Waals surface area contributed by atoms with E-state index in [1.54, 1.807) is 14.2 Å². The first kappa shape index (κ1) is 14.3. The van der Waals surface area contributed by atoms with Crippen molar-refractivity contribution in [3.63, 3.8) is 0 Å². The number of rotatable bonds is 7. The lowest BCUT2D eigenvalue weighted by Gasteiger charge is -2.15. The van der Waals surface area contributed by atoms with Crippen LogP contribution in [-0.4, -0.2) is 20.8 Å². The second-order valence-corrected chi connectivity index (χ2v) is 3.58. The van der Waals surface area contributed by atoms with Gasteiger partial charge in [-0.1, -0.05) is 41.5 Å². The summed E-state index contributed by atoms with van der Waals surface area (Å²) in [5.41, 5.74) is 10.2. The van der Waals surface area contributed by atoms with E-state index in [9.17, 15) is 0 Å².